The Labute approximate surface area is 183 Å². The Balaban J connectivity index is 1.49. The van der Waals surface area contributed by atoms with E-state index < -0.39 is 5.72 Å². The van der Waals surface area contributed by atoms with Crippen molar-refractivity contribution in [3.8, 4) is 16.9 Å². The molecule has 0 aliphatic carbocycles. The lowest BCUT2D eigenvalue weighted by Crippen LogP contribution is -2.58. The van der Waals surface area contributed by atoms with Gasteiger partial charge in [0.15, 0.2) is 0 Å². The molecule has 0 bridgehead atoms. The van der Waals surface area contributed by atoms with Crippen LogP contribution in [0, 0.1) is 0 Å². The summed E-state index contributed by atoms with van der Waals surface area (Å²) in [7, 11) is 2.14. The number of ether oxygens (including phenoxy) is 1. The molecule has 0 amide bonds. The topological polar surface area (TPSA) is 12.5 Å². The Morgan fingerprint density at radius 2 is 1.55 bits per heavy atom. The molecule has 2 heteroatoms. The smallest absolute Gasteiger partial charge is 0.211 e. The van der Waals surface area contributed by atoms with Crippen molar-refractivity contribution in [2.45, 2.75) is 25.0 Å². The van der Waals surface area contributed by atoms with Crippen molar-refractivity contribution < 1.29 is 4.74 Å². The molecular weight excluding hydrogens is 378 g/mol. The van der Waals surface area contributed by atoms with Gasteiger partial charge in [-0.2, -0.15) is 0 Å². The Morgan fingerprint density at radius 1 is 0.774 bits per heavy atom. The average molecular weight is 404 g/mol. The highest BCUT2D eigenvalue weighted by molar-refractivity contribution is 5.94. The van der Waals surface area contributed by atoms with Crippen LogP contribution in [0.1, 0.15) is 25.0 Å². The van der Waals surface area contributed by atoms with E-state index in [0.717, 1.165) is 11.3 Å². The Morgan fingerprint density at radius 3 is 2.39 bits per heavy atom. The first kappa shape index (κ1) is 18.3. The van der Waals surface area contributed by atoms with Gasteiger partial charge in [0, 0.05) is 18.3 Å². The highest BCUT2D eigenvalue weighted by Crippen LogP contribution is 2.55. The van der Waals surface area contributed by atoms with Crippen LogP contribution < -0.4 is 9.64 Å². The standard InChI is InChI=1S/C29H25NO/c1-28(2)25-19-22(20-9-5-4-6-10-20)13-15-26(25)30(3)29(28)18-17-24-23-12-8-7-11-21(23)14-16-27(24)31-29/h4-19H,1-3H3. The summed E-state index contributed by atoms with van der Waals surface area (Å²) < 4.78 is 6.88. The first-order chi connectivity index (χ1) is 15.0. The molecule has 31 heavy (non-hydrogen) atoms. The largest absolute Gasteiger partial charge is 0.463 e. The molecule has 152 valence electrons. The van der Waals surface area contributed by atoms with Crippen LogP contribution in [0.15, 0.2) is 91.0 Å². The average Bonchev–Trinajstić information content (AvgIpc) is 2.97. The van der Waals surface area contributed by atoms with Gasteiger partial charge < -0.3 is 9.64 Å². The van der Waals surface area contributed by atoms with Crippen LogP contribution in [0.4, 0.5) is 5.69 Å². The van der Waals surface area contributed by atoms with Crippen molar-refractivity contribution >= 4 is 22.5 Å². The quantitative estimate of drug-likeness (QED) is 0.338. The van der Waals surface area contributed by atoms with Crippen LogP contribution in [0.3, 0.4) is 0 Å². The summed E-state index contributed by atoms with van der Waals surface area (Å²) in [4.78, 5) is 2.30. The Hall–Kier alpha value is -3.52. The molecule has 0 N–H and O–H groups in total. The molecule has 6 rings (SSSR count). The lowest BCUT2D eigenvalue weighted by Gasteiger charge is -2.46. The molecule has 0 aromatic heterocycles. The van der Waals surface area contributed by atoms with E-state index in [9.17, 15) is 0 Å². The van der Waals surface area contributed by atoms with E-state index in [2.05, 4.69) is 123 Å². The molecule has 2 nitrogen and oxygen atoms in total. The fraction of sp³-hybridized carbons (Fsp3) is 0.172. The minimum atomic E-state index is -0.569. The van der Waals surface area contributed by atoms with Crippen molar-refractivity contribution in [1.29, 1.82) is 0 Å². The van der Waals surface area contributed by atoms with Crippen LogP contribution in [0.25, 0.3) is 28.0 Å². The summed E-state index contributed by atoms with van der Waals surface area (Å²) in [5.74, 6) is 0.942. The highest BCUT2D eigenvalue weighted by Gasteiger charge is 2.57. The molecule has 0 fully saturated rings. The van der Waals surface area contributed by atoms with Crippen LogP contribution >= 0.6 is 0 Å². The third-order valence-corrected chi connectivity index (χ3v) is 7.20. The summed E-state index contributed by atoms with van der Waals surface area (Å²) in [6.07, 6.45) is 4.51. The fourth-order valence-electron chi connectivity index (χ4n) is 5.38. The van der Waals surface area contributed by atoms with Crippen molar-refractivity contribution in [2.75, 3.05) is 11.9 Å². The zero-order chi connectivity index (χ0) is 21.2. The number of hydrogen-bond acceptors (Lipinski definition) is 2. The van der Waals surface area contributed by atoms with Gasteiger partial charge in [0.25, 0.3) is 0 Å². The second-order valence-electron chi connectivity index (χ2n) is 9.11. The molecule has 0 saturated carbocycles. The summed E-state index contributed by atoms with van der Waals surface area (Å²) in [6.45, 7) is 4.58. The van der Waals surface area contributed by atoms with Crippen molar-refractivity contribution in [2.24, 2.45) is 0 Å². The second kappa shape index (κ2) is 6.24. The number of hydrogen-bond donors (Lipinski definition) is 0. The number of nitrogens with zero attached hydrogens (tertiary/aromatic N) is 1. The van der Waals surface area contributed by atoms with Gasteiger partial charge in [-0.25, -0.2) is 0 Å². The normalized spacial score (nSPS) is 20.5. The third-order valence-electron chi connectivity index (χ3n) is 7.20. The van der Waals surface area contributed by atoms with Crippen LogP contribution in [0.2, 0.25) is 0 Å². The summed E-state index contributed by atoms with van der Waals surface area (Å²) in [5, 5.41) is 2.47. The van der Waals surface area contributed by atoms with Gasteiger partial charge >= 0.3 is 0 Å². The van der Waals surface area contributed by atoms with Gasteiger partial charge in [-0.05, 0) is 71.7 Å². The van der Waals surface area contributed by atoms with Crippen LogP contribution in [0.5, 0.6) is 5.75 Å². The molecule has 4 aromatic carbocycles. The highest BCUT2D eigenvalue weighted by atomic mass is 16.5. The van der Waals surface area contributed by atoms with Crippen LogP contribution in [-0.2, 0) is 5.41 Å². The Kier molecular flexibility index (Phi) is 3.68. The first-order valence-corrected chi connectivity index (χ1v) is 10.9. The predicted molar refractivity (Wildman–Crippen MR) is 130 cm³/mol. The van der Waals surface area contributed by atoms with Gasteiger partial charge in [0.2, 0.25) is 5.72 Å². The van der Waals surface area contributed by atoms with Crippen molar-refractivity contribution in [3.63, 3.8) is 0 Å². The van der Waals surface area contributed by atoms with Crippen molar-refractivity contribution in [1.82, 2.24) is 0 Å². The number of likely N-dealkylation sites (N-methyl/N-ethyl adjacent to an activating group) is 1. The zero-order valence-electron chi connectivity index (χ0n) is 18.1. The summed E-state index contributed by atoms with van der Waals surface area (Å²) >= 11 is 0. The number of anilines is 1. The fourth-order valence-corrected chi connectivity index (χ4v) is 5.38. The summed E-state index contributed by atoms with van der Waals surface area (Å²) in [5.41, 5.74) is 5.37. The molecule has 1 unspecified atom stereocenters. The Bertz CT molecular complexity index is 1350. The van der Waals surface area contributed by atoms with E-state index in [1.807, 2.05) is 0 Å². The molecule has 2 aliphatic heterocycles. The zero-order valence-corrected chi connectivity index (χ0v) is 18.1. The van der Waals surface area contributed by atoms with E-state index in [-0.39, 0.29) is 5.41 Å². The van der Waals surface area contributed by atoms with Gasteiger partial charge in [-0.3, -0.25) is 0 Å². The van der Waals surface area contributed by atoms with E-state index in [0.29, 0.717) is 0 Å². The third kappa shape index (κ3) is 2.39. The summed E-state index contributed by atoms with van der Waals surface area (Å²) in [6, 6.07) is 30.1. The maximum atomic E-state index is 6.88. The molecule has 0 saturated heterocycles. The monoisotopic (exact) mass is 403 g/mol. The lowest BCUT2D eigenvalue weighted by molar-refractivity contribution is 0.0584. The van der Waals surface area contributed by atoms with Crippen molar-refractivity contribution in [3.05, 3.63) is 102 Å². The van der Waals surface area contributed by atoms with Gasteiger partial charge in [0.1, 0.15) is 5.75 Å². The SMILES string of the molecule is CN1c2ccc(-c3ccccc3)cc2C(C)(C)C12C=Cc1c(ccc3ccccc13)O2. The molecule has 2 heterocycles. The second-order valence-corrected chi connectivity index (χ2v) is 9.11. The molecule has 2 aliphatic rings. The minimum Gasteiger partial charge on any atom is -0.463 e. The molecule has 1 atom stereocenters. The predicted octanol–water partition coefficient (Wildman–Crippen LogP) is 7.04. The van der Waals surface area contributed by atoms with Crippen LogP contribution in [-0.4, -0.2) is 12.8 Å². The maximum Gasteiger partial charge on any atom is 0.211 e. The molecule has 4 aromatic rings. The molecular formula is C29H25NO. The minimum absolute atomic E-state index is 0.234. The molecule has 0 radical (unpaired) electrons. The van der Waals surface area contributed by atoms with E-state index in [4.69, 9.17) is 4.74 Å². The van der Waals surface area contributed by atoms with Gasteiger partial charge in [-0.15, -0.1) is 0 Å². The number of rotatable bonds is 1. The van der Waals surface area contributed by atoms with Gasteiger partial charge in [0.05, 0.1) is 5.41 Å². The molecule has 1 spiro atoms. The maximum absolute atomic E-state index is 6.88. The van der Waals surface area contributed by atoms with E-state index >= 15 is 0 Å². The lowest BCUT2D eigenvalue weighted by atomic mass is 9.75. The number of benzene rings is 4. The van der Waals surface area contributed by atoms with E-state index in [1.54, 1.807) is 0 Å². The van der Waals surface area contributed by atoms with E-state index in [1.165, 1.54) is 33.2 Å². The van der Waals surface area contributed by atoms with Gasteiger partial charge in [-0.1, -0.05) is 66.7 Å². The first-order valence-electron chi connectivity index (χ1n) is 10.9. The number of fused-ring (bicyclic) bond motifs is 4.